The van der Waals surface area contributed by atoms with Crippen molar-refractivity contribution in [3.8, 4) is 0 Å². The number of carbonyl (C=O) groups is 1. The van der Waals surface area contributed by atoms with Crippen molar-refractivity contribution in [2.75, 3.05) is 0 Å². The second-order valence-corrected chi connectivity index (χ2v) is 5.29. The lowest BCUT2D eigenvalue weighted by atomic mass is 10.3. The van der Waals surface area contributed by atoms with Crippen molar-refractivity contribution in [2.24, 2.45) is 0 Å². The fraction of sp³-hybridized carbons (Fsp3) is 0.167. The van der Waals surface area contributed by atoms with Gasteiger partial charge in [-0.25, -0.2) is 29.9 Å². The fourth-order valence-electron chi connectivity index (χ4n) is 1.50. The van der Waals surface area contributed by atoms with Crippen LogP contribution in [0.15, 0.2) is 61.1 Å². The number of hydrogen-bond donors (Lipinski definition) is 1. The smallest absolute Gasteiger partial charge is 0.222 e. The molecular weight excluding hydrogens is 368 g/mol. The van der Waals surface area contributed by atoms with E-state index in [4.69, 9.17) is 16.7 Å². The number of aliphatic hydroxyl groups excluding tert-OH is 1. The van der Waals surface area contributed by atoms with Crippen LogP contribution in [0.5, 0.6) is 0 Å². The molecule has 0 aliphatic rings. The van der Waals surface area contributed by atoms with Crippen LogP contribution < -0.4 is 0 Å². The predicted octanol–water partition coefficient (Wildman–Crippen LogP) is 3.13. The van der Waals surface area contributed by atoms with Gasteiger partial charge in [-0.2, -0.15) is 0 Å². The second kappa shape index (κ2) is 13.0. The number of allylic oxidation sites excluding steroid dienone is 1. The van der Waals surface area contributed by atoms with Crippen LogP contribution in [0.3, 0.4) is 0 Å². The van der Waals surface area contributed by atoms with Gasteiger partial charge in [0.25, 0.3) is 0 Å². The topological polar surface area (TPSA) is 115 Å². The summed E-state index contributed by atoms with van der Waals surface area (Å²) in [4.78, 5) is 33.3. The Balaban J connectivity index is 0.000000206. The van der Waals surface area contributed by atoms with E-state index in [1.165, 1.54) is 13.0 Å². The molecule has 140 valence electrons. The van der Waals surface area contributed by atoms with Crippen LogP contribution in [0.1, 0.15) is 25.5 Å². The summed E-state index contributed by atoms with van der Waals surface area (Å²) in [5, 5.41) is 9.08. The van der Waals surface area contributed by atoms with Crippen LogP contribution in [0.4, 0.5) is 0 Å². The van der Waals surface area contributed by atoms with Crippen LogP contribution >= 0.6 is 11.6 Å². The molecular formula is C18H19ClN6O2. The zero-order valence-corrected chi connectivity index (χ0v) is 15.7. The van der Waals surface area contributed by atoms with Crippen LogP contribution in [0, 0.1) is 0 Å². The fourth-order valence-corrected chi connectivity index (χ4v) is 1.61. The van der Waals surface area contributed by atoms with Crippen LogP contribution in [0.2, 0.25) is 5.28 Å². The number of aliphatic hydroxyl groups is 1. The standard InChI is InChI=1S/2C7H8N2O.C4H3ClN2/c2*1-6(10)5-7-8-3-2-4-9-7;5-4-6-2-1-3-7-4/h2-4H,5H2,1H3;2-5,10H,1H3;1-3H/b;6-5-;. The molecule has 0 saturated heterocycles. The number of ketones is 1. The van der Waals surface area contributed by atoms with E-state index in [-0.39, 0.29) is 11.5 Å². The van der Waals surface area contributed by atoms with Crippen molar-refractivity contribution in [1.29, 1.82) is 0 Å². The van der Waals surface area contributed by atoms with E-state index in [0.717, 1.165) is 0 Å². The average molecular weight is 387 g/mol. The Morgan fingerprint density at radius 2 is 1.33 bits per heavy atom. The van der Waals surface area contributed by atoms with Crippen LogP contribution in [-0.4, -0.2) is 40.8 Å². The van der Waals surface area contributed by atoms with Crippen molar-refractivity contribution >= 4 is 23.5 Å². The molecule has 0 bridgehead atoms. The number of Topliss-reactive ketones (excluding diaryl/α,β-unsaturated/α-hetero) is 1. The number of hydrogen-bond acceptors (Lipinski definition) is 8. The first-order chi connectivity index (χ1) is 13.0. The Hall–Kier alpha value is -3.26. The van der Waals surface area contributed by atoms with Gasteiger partial charge in [0, 0.05) is 43.3 Å². The highest BCUT2D eigenvalue weighted by atomic mass is 35.5. The lowest BCUT2D eigenvalue weighted by Crippen LogP contribution is -2.00. The van der Waals surface area contributed by atoms with E-state index < -0.39 is 0 Å². The second-order valence-electron chi connectivity index (χ2n) is 4.95. The maximum absolute atomic E-state index is 10.5. The molecule has 0 amide bonds. The van der Waals surface area contributed by atoms with Crippen molar-refractivity contribution in [3.63, 3.8) is 0 Å². The Morgan fingerprint density at radius 3 is 1.70 bits per heavy atom. The highest BCUT2D eigenvalue weighted by Gasteiger charge is 1.96. The Bertz CT molecular complexity index is 813. The lowest BCUT2D eigenvalue weighted by Gasteiger charge is -1.91. The Labute approximate surface area is 162 Å². The maximum atomic E-state index is 10.5. The van der Waals surface area contributed by atoms with E-state index in [0.29, 0.717) is 23.4 Å². The molecule has 9 heteroatoms. The summed E-state index contributed by atoms with van der Waals surface area (Å²) >= 11 is 5.32. The SMILES string of the molecule is C/C(O)=C/c1ncccn1.CC(=O)Cc1ncccn1.Clc1ncccn1. The van der Waals surface area contributed by atoms with E-state index in [2.05, 4.69) is 29.9 Å². The minimum Gasteiger partial charge on any atom is -0.512 e. The molecule has 3 aromatic rings. The zero-order valence-electron chi connectivity index (χ0n) is 14.9. The molecule has 0 atom stereocenters. The molecule has 0 unspecified atom stereocenters. The predicted molar refractivity (Wildman–Crippen MR) is 102 cm³/mol. The molecule has 3 aromatic heterocycles. The molecule has 3 heterocycles. The van der Waals surface area contributed by atoms with Crippen LogP contribution in [0.25, 0.3) is 6.08 Å². The number of halogens is 1. The van der Waals surface area contributed by atoms with E-state index in [1.807, 2.05) is 0 Å². The summed E-state index contributed by atoms with van der Waals surface area (Å²) in [6.45, 7) is 3.10. The molecule has 0 saturated carbocycles. The quantitative estimate of drug-likeness (QED) is 0.539. The number of nitrogens with zero attached hydrogens (tertiary/aromatic N) is 6. The Morgan fingerprint density at radius 1 is 0.889 bits per heavy atom. The molecule has 0 aliphatic heterocycles. The van der Waals surface area contributed by atoms with Gasteiger partial charge in [-0.3, -0.25) is 4.79 Å². The molecule has 27 heavy (non-hydrogen) atoms. The first-order valence-corrected chi connectivity index (χ1v) is 8.17. The summed E-state index contributed by atoms with van der Waals surface area (Å²) < 4.78 is 0. The van der Waals surface area contributed by atoms with Crippen LogP contribution in [-0.2, 0) is 11.2 Å². The van der Waals surface area contributed by atoms with Gasteiger partial charge < -0.3 is 5.11 Å². The molecule has 0 spiro atoms. The summed E-state index contributed by atoms with van der Waals surface area (Å²) in [7, 11) is 0. The zero-order chi connectivity index (χ0) is 19.9. The molecule has 8 nitrogen and oxygen atoms in total. The Kier molecular flexibility index (Phi) is 10.5. The summed E-state index contributed by atoms with van der Waals surface area (Å²) in [6, 6.07) is 5.17. The molecule has 3 rings (SSSR count). The number of aromatic nitrogens is 6. The third kappa shape index (κ3) is 11.8. The van der Waals surface area contributed by atoms with Gasteiger partial charge in [0.15, 0.2) is 5.82 Å². The van der Waals surface area contributed by atoms with Crippen molar-refractivity contribution < 1.29 is 9.90 Å². The van der Waals surface area contributed by atoms with Crippen molar-refractivity contribution in [2.45, 2.75) is 20.3 Å². The highest BCUT2D eigenvalue weighted by molar-refractivity contribution is 6.28. The normalized spacial score (nSPS) is 9.96. The van der Waals surface area contributed by atoms with E-state index in [1.54, 1.807) is 62.3 Å². The summed E-state index contributed by atoms with van der Waals surface area (Å²) in [6.07, 6.45) is 11.5. The van der Waals surface area contributed by atoms with Crippen molar-refractivity contribution in [1.82, 2.24) is 29.9 Å². The van der Waals surface area contributed by atoms with Gasteiger partial charge in [0.2, 0.25) is 5.28 Å². The minimum atomic E-state index is 0.0891. The molecule has 1 N–H and O–H groups in total. The van der Waals surface area contributed by atoms with Gasteiger partial charge in [-0.05, 0) is 43.6 Å². The molecule has 0 aromatic carbocycles. The molecule has 0 aliphatic carbocycles. The molecule has 0 radical (unpaired) electrons. The lowest BCUT2D eigenvalue weighted by molar-refractivity contribution is -0.116. The van der Waals surface area contributed by atoms with Gasteiger partial charge in [0.1, 0.15) is 11.6 Å². The summed E-state index contributed by atoms with van der Waals surface area (Å²) in [5.74, 6) is 1.43. The first-order valence-electron chi connectivity index (χ1n) is 7.79. The third-order valence-electron chi connectivity index (χ3n) is 2.48. The monoisotopic (exact) mass is 386 g/mol. The summed E-state index contributed by atoms with van der Waals surface area (Å²) in [5.41, 5.74) is 0. The van der Waals surface area contributed by atoms with Gasteiger partial charge in [0.05, 0.1) is 12.2 Å². The molecule has 0 fully saturated rings. The largest absolute Gasteiger partial charge is 0.512 e. The third-order valence-corrected chi connectivity index (χ3v) is 2.68. The number of carbonyl (C=O) groups excluding carboxylic acids is 1. The van der Waals surface area contributed by atoms with E-state index >= 15 is 0 Å². The number of rotatable bonds is 3. The van der Waals surface area contributed by atoms with Gasteiger partial charge in [-0.1, -0.05) is 0 Å². The minimum absolute atomic E-state index is 0.0891. The van der Waals surface area contributed by atoms with Crippen molar-refractivity contribution in [3.05, 3.63) is 78.1 Å². The average Bonchev–Trinajstić information content (AvgIpc) is 2.64. The van der Waals surface area contributed by atoms with E-state index in [9.17, 15) is 4.79 Å². The maximum Gasteiger partial charge on any atom is 0.222 e. The van der Waals surface area contributed by atoms with Gasteiger partial charge in [-0.15, -0.1) is 0 Å². The van der Waals surface area contributed by atoms with Gasteiger partial charge >= 0.3 is 0 Å². The highest BCUT2D eigenvalue weighted by Crippen LogP contribution is 1.95. The first kappa shape index (κ1) is 21.8.